The molecule has 3 rings (SSSR count). The van der Waals surface area contributed by atoms with Crippen LogP contribution in [0.5, 0.6) is 0 Å². The molecule has 0 bridgehead atoms. The molecule has 1 atom stereocenters. The van der Waals surface area contributed by atoms with E-state index in [1.165, 1.54) is 32.4 Å². The minimum Gasteiger partial charge on any atom is -0.355 e. The quantitative estimate of drug-likeness (QED) is 0.648. The van der Waals surface area contributed by atoms with Crippen LogP contribution in [0.15, 0.2) is 6.07 Å². The fraction of sp³-hybridized carbons (Fsp3) is 0.733. The zero-order chi connectivity index (χ0) is 14.8. The normalized spacial score (nSPS) is 23.2. The highest BCUT2D eigenvalue weighted by Gasteiger charge is 2.30. The molecule has 3 N–H and O–H groups in total. The van der Waals surface area contributed by atoms with Crippen LogP contribution >= 0.6 is 0 Å². The Hall–Kier alpha value is -1.40. The van der Waals surface area contributed by atoms with E-state index in [4.69, 9.17) is 10.8 Å². The van der Waals surface area contributed by atoms with E-state index >= 15 is 0 Å². The van der Waals surface area contributed by atoms with Crippen LogP contribution in [0, 0.1) is 0 Å². The number of nitrogens with zero attached hydrogens (tertiary/aromatic N) is 4. The largest absolute Gasteiger partial charge is 0.355 e. The lowest BCUT2D eigenvalue weighted by atomic mass is 10.2. The predicted octanol–water partition coefficient (Wildman–Crippen LogP) is 1.56. The lowest BCUT2D eigenvalue weighted by molar-refractivity contribution is 0.260. The molecule has 1 unspecified atom stereocenters. The van der Waals surface area contributed by atoms with Crippen molar-refractivity contribution in [3.63, 3.8) is 0 Å². The Kier molecular flexibility index (Phi) is 4.26. The summed E-state index contributed by atoms with van der Waals surface area (Å²) in [7, 11) is 0. The fourth-order valence-corrected chi connectivity index (χ4v) is 3.30. The van der Waals surface area contributed by atoms with E-state index in [2.05, 4.69) is 34.1 Å². The van der Waals surface area contributed by atoms with Gasteiger partial charge in [0.25, 0.3) is 0 Å². The summed E-state index contributed by atoms with van der Waals surface area (Å²) >= 11 is 0. The maximum atomic E-state index is 5.55. The molecule has 2 aliphatic heterocycles. The molecular weight excluding hydrogens is 264 g/mol. The molecule has 1 aromatic heterocycles. The molecule has 116 valence electrons. The van der Waals surface area contributed by atoms with E-state index in [-0.39, 0.29) is 0 Å². The Bertz CT molecular complexity index is 483. The van der Waals surface area contributed by atoms with E-state index in [1.54, 1.807) is 0 Å². The summed E-state index contributed by atoms with van der Waals surface area (Å²) in [5, 5.41) is 0. The van der Waals surface area contributed by atoms with Crippen LogP contribution < -0.4 is 16.2 Å². The molecule has 2 saturated heterocycles. The Morgan fingerprint density at radius 1 is 1.24 bits per heavy atom. The lowest BCUT2D eigenvalue weighted by Gasteiger charge is -2.24. The minimum atomic E-state index is 0.300. The molecule has 6 heteroatoms. The van der Waals surface area contributed by atoms with Crippen LogP contribution in [0.3, 0.4) is 0 Å². The van der Waals surface area contributed by atoms with Crippen molar-refractivity contribution >= 4 is 11.6 Å². The number of nitrogen functional groups attached to an aromatic ring is 1. The standard InChI is InChI=1S/C15H26N6/c1-11(2)15-17-13(19-16)9-14(18-15)21-8-5-12(10-21)20-6-3-4-7-20/h9,11-12H,3-8,10,16H2,1-2H3,(H,17,18,19). The third-order valence-electron chi connectivity index (χ3n) is 4.54. The Labute approximate surface area is 126 Å². The number of rotatable bonds is 4. The van der Waals surface area contributed by atoms with E-state index in [0.29, 0.717) is 17.8 Å². The molecule has 0 aliphatic carbocycles. The third kappa shape index (κ3) is 3.11. The molecule has 0 aromatic carbocycles. The second kappa shape index (κ2) is 6.15. The van der Waals surface area contributed by atoms with Gasteiger partial charge in [-0.1, -0.05) is 13.8 Å². The molecule has 0 amide bonds. The van der Waals surface area contributed by atoms with Crippen LogP contribution in [0.1, 0.15) is 44.9 Å². The first-order chi connectivity index (χ1) is 10.2. The topological polar surface area (TPSA) is 70.3 Å². The smallest absolute Gasteiger partial charge is 0.145 e. The van der Waals surface area contributed by atoms with Crippen LogP contribution in [0.25, 0.3) is 0 Å². The molecule has 0 radical (unpaired) electrons. The van der Waals surface area contributed by atoms with E-state index in [1.807, 2.05) is 6.07 Å². The third-order valence-corrected chi connectivity index (χ3v) is 4.54. The van der Waals surface area contributed by atoms with E-state index in [0.717, 1.165) is 24.7 Å². The van der Waals surface area contributed by atoms with Crippen molar-refractivity contribution in [3.8, 4) is 0 Å². The van der Waals surface area contributed by atoms with E-state index in [9.17, 15) is 0 Å². The van der Waals surface area contributed by atoms with Crippen LogP contribution in [0.4, 0.5) is 11.6 Å². The molecule has 21 heavy (non-hydrogen) atoms. The summed E-state index contributed by atoms with van der Waals surface area (Å²) in [6.45, 7) is 8.87. The first kappa shape index (κ1) is 14.5. The Morgan fingerprint density at radius 2 is 2.00 bits per heavy atom. The maximum Gasteiger partial charge on any atom is 0.145 e. The van der Waals surface area contributed by atoms with Crippen LogP contribution in [-0.4, -0.2) is 47.1 Å². The maximum absolute atomic E-state index is 5.55. The van der Waals surface area contributed by atoms with E-state index < -0.39 is 0 Å². The lowest BCUT2D eigenvalue weighted by Crippen LogP contribution is -2.35. The number of hydrogen-bond acceptors (Lipinski definition) is 6. The van der Waals surface area contributed by atoms with Crippen molar-refractivity contribution in [1.29, 1.82) is 0 Å². The molecule has 3 heterocycles. The van der Waals surface area contributed by atoms with Gasteiger partial charge in [-0.05, 0) is 32.4 Å². The van der Waals surface area contributed by atoms with Gasteiger partial charge in [-0.2, -0.15) is 0 Å². The minimum absolute atomic E-state index is 0.300. The van der Waals surface area contributed by atoms with Gasteiger partial charge in [-0.25, -0.2) is 15.8 Å². The zero-order valence-electron chi connectivity index (χ0n) is 13.0. The average Bonchev–Trinajstić information content (AvgIpc) is 3.17. The highest BCUT2D eigenvalue weighted by atomic mass is 15.3. The SMILES string of the molecule is CC(C)c1nc(NN)cc(N2CCC(N3CCCC3)C2)n1. The molecule has 0 spiro atoms. The predicted molar refractivity (Wildman–Crippen MR) is 85.4 cm³/mol. The Morgan fingerprint density at radius 3 is 2.67 bits per heavy atom. The van der Waals surface area contributed by atoms with Crippen LogP contribution in [-0.2, 0) is 0 Å². The second-order valence-electron chi connectivity index (χ2n) is 6.40. The number of hydrogen-bond donors (Lipinski definition) is 2. The highest BCUT2D eigenvalue weighted by molar-refractivity contribution is 5.50. The van der Waals surface area contributed by atoms with Crippen molar-refractivity contribution in [3.05, 3.63) is 11.9 Å². The van der Waals surface area contributed by atoms with Crippen molar-refractivity contribution in [2.24, 2.45) is 5.84 Å². The zero-order valence-corrected chi connectivity index (χ0v) is 13.0. The number of hydrazine groups is 1. The van der Waals surface area contributed by atoms with Gasteiger partial charge >= 0.3 is 0 Å². The number of anilines is 2. The van der Waals surface area contributed by atoms with Crippen molar-refractivity contribution < 1.29 is 0 Å². The Balaban J connectivity index is 1.75. The first-order valence-corrected chi connectivity index (χ1v) is 8.02. The highest BCUT2D eigenvalue weighted by Crippen LogP contribution is 2.26. The monoisotopic (exact) mass is 290 g/mol. The van der Waals surface area contributed by atoms with Gasteiger partial charge in [-0.3, -0.25) is 4.90 Å². The van der Waals surface area contributed by atoms with Gasteiger partial charge < -0.3 is 10.3 Å². The van der Waals surface area contributed by atoms with Gasteiger partial charge in [0.1, 0.15) is 17.5 Å². The number of nitrogens with one attached hydrogen (secondary N) is 1. The number of nitrogens with two attached hydrogens (primary N) is 1. The van der Waals surface area contributed by atoms with Crippen LogP contribution in [0.2, 0.25) is 0 Å². The average molecular weight is 290 g/mol. The summed E-state index contributed by atoms with van der Waals surface area (Å²) in [5.41, 5.74) is 2.66. The number of aromatic nitrogens is 2. The molecule has 0 saturated carbocycles. The molecule has 2 fully saturated rings. The molecule has 1 aromatic rings. The number of likely N-dealkylation sites (tertiary alicyclic amines) is 1. The molecular formula is C15H26N6. The first-order valence-electron chi connectivity index (χ1n) is 8.02. The van der Waals surface area contributed by atoms with Crippen molar-refractivity contribution in [2.75, 3.05) is 36.5 Å². The van der Waals surface area contributed by atoms with Gasteiger partial charge in [0.05, 0.1) is 0 Å². The van der Waals surface area contributed by atoms with Crippen molar-refractivity contribution in [2.45, 2.75) is 45.1 Å². The van der Waals surface area contributed by atoms with Gasteiger partial charge in [0.15, 0.2) is 0 Å². The summed E-state index contributed by atoms with van der Waals surface area (Å²) in [4.78, 5) is 14.2. The summed E-state index contributed by atoms with van der Waals surface area (Å²) < 4.78 is 0. The van der Waals surface area contributed by atoms with Gasteiger partial charge in [-0.15, -0.1) is 0 Å². The van der Waals surface area contributed by atoms with Gasteiger partial charge in [0, 0.05) is 31.1 Å². The summed E-state index contributed by atoms with van der Waals surface area (Å²) in [6, 6.07) is 2.64. The van der Waals surface area contributed by atoms with Gasteiger partial charge in [0.2, 0.25) is 0 Å². The van der Waals surface area contributed by atoms with Crippen molar-refractivity contribution in [1.82, 2.24) is 14.9 Å². The molecule has 6 nitrogen and oxygen atoms in total. The second-order valence-corrected chi connectivity index (χ2v) is 6.40. The fourth-order valence-electron chi connectivity index (χ4n) is 3.30. The molecule has 2 aliphatic rings. The summed E-state index contributed by atoms with van der Waals surface area (Å²) in [5.74, 6) is 8.40. The summed E-state index contributed by atoms with van der Waals surface area (Å²) in [6.07, 6.45) is 3.93.